The van der Waals surface area contributed by atoms with Crippen LogP contribution in [0.3, 0.4) is 0 Å². The molecule has 2 aromatic rings. The first-order valence-corrected chi connectivity index (χ1v) is 6.23. The molecule has 2 rings (SSSR count). The minimum absolute atomic E-state index is 0.0229. The van der Waals surface area contributed by atoms with E-state index < -0.39 is 0 Å². The molecule has 100 valence electrons. The molecule has 0 atom stereocenters. The lowest BCUT2D eigenvalue weighted by Crippen LogP contribution is -2.23. The third kappa shape index (κ3) is 3.84. The molecule has 1 heterocycles. The fraction of sp³-hybridized carbons (Fsp3) is 0.286. The minimum Gasteiger partial charge on any atom is -0.350 e. The molecule has 5 nitrogen and oxygen atoms in total. The van der Waals surface area contributed by atoms with Gasteiger partial charge in [-0.15, -0.1) is 0 Å². The summed E-state index contributed by atoms with van der Waals surface area (Å²) >= 11 is 0. The molecule has 1 amide bonds. The van der Waals surface area contributed by atoms with Crippen molar-refractivity contribution in [3.8, 4) is 0 Å². The number of aromatic amines is 2. The molecule has 0 unspecified atom stereocenters. The number of H-pyrrole nitrogens is 2. The smallest absolute Gasteiger partial charge is 0.264 e. The van der Waals surface area contributed by atoms with E-state index in [4.69, 9.17) is 0 Å². The Hall–Kier alpha value is -2.30. The number of carbonyl (C=O) groups excluding carboxylic acids is 1. The van der Waals surface area contributed by atoms with Crippen LogP contribution in [0.1, 0.15) is 23.2 Å². The van der Waals surface area contributed by atoms with Crippen molar-refractivity contribution in [2.75, 3.05) is 0 Å². The van der Waals surface area contributed by atoms with E-state index in [2.05, 4.69) is 15.5 Å². The number of benzene rings is 1. The van der Waals surface area contributed by atoms with Crippen molar-refractivity contribution in [3.05, 3.63) is 57.5 Å². The Morgan fingerprint density at radius 2 is 2.05 bits per heavy atom. The highest BCUT2D eigenvalue weighted by atomic mass is 16.1. The average molecular weight is 259 g/mol. The van der Waals surface area contributed by atoms with Gasteiger partial charge in [0.15, 0.2) is 0 Å². The van der Waals surface area contributed by atoms with Crippen molar-refractivity contribution >= 4 is 5.91 Å². The van der Waals surface area contributed by atoms with Crippen molar-refractivity contribution in [1.82, 2.24) is 15.5 Å². The van der Waals surface area contributed by atoms with Gasteiger partial charge in [0.1, 0.15) is 0 Å². The summed E-state index contributed by atoms with van der Waals surface area (Å²) in [5, 5.41) is 7.89. The SMILES string of the molecule is Cc1ccccc1CCC(=O)NCc1cc(=O)[nH][nH]1. The Labute approximate surface area is 111 Å². The molecular weight excluding hydrogens is 242 g/mol. The normalized spacial score (nSPS) is 10.4. The molecule has 0 aliphatic rings. The highest BCUT2D eigenvalue weighted by Crippen LogP contribution is 2.09. The Kier molecular flexibility index (Phi) is 4.18. The van der Waals surface area contributed by atoms with Gasteiger partial charge in [-0.1, -0.05) is 24.3 Å². The highest BCUT2D eigenvalue weighted by molar-refractivity contribution is 5.76. The summed E-state index contributed by atoms with van der Waals surface area (Å²) in [4.78, 5) is 22.6. The van der Waals surface area contributed by atoms with Crippen LogP contribution in [-0.2, 0) is 17.8 Å². The van der Waals surface area contributed by atoms with E-state index in [9.17, 15) is 9.59 Å². The molecule has 0 bridgehead atoms. The van der Waals surface area contributed by atoms with Gasteiger partial charge >= 0.3 is 0 Å². The fourth-order valence-corrected chi connectivity index (χ4v) is 1.89. The van der Waals surface area contributed by atoms with Crippen molar-refractivity contribution in [2.45, 2.75) is 26.3 Å². The number of rotatable bonds is 5. The van der Waals surface area contributed by atoms with Crippen LogP contribution in [0.2, 0.25) is 0 Å². The van der Waals surface area contributed by atoms with E-state index in [0.717, 1.165) is 6.42 Å². The summed E-state index contributed by atoms with van der Waals surface area (Å²) in [6.07, 6.45) is 1.17. The fourth-order valence-electron chi connectivity index (χ4n) is 1.89. The van der Waals surface area contributed by atoms with Gasteiger partial charge in [-0.3, -0.25) is 14.7 Å². The predicted molar refractivity (Wildman–Crippen MR) is 72.8 cm³/mol. The van der Waals surface area contributed by atoms with Crippen LogP contribution in [0.4, 0.5) is 0 Å². The lowest BCUT2D eigenvalue weighted by molar-refractivity contribution is -0.121. The number of hydrogen-bond donors (Lipinski definition) is 3. The molecule has 0 radical (unpaired) electrons. The van der Waals surface area contributed by atoms with Crippen molar-refractivity contribution in [3.63, 3.8) is 0 Å². The zero-order chi connectivity index (χ0) is 13.7. The van der Waals surface area contributed by atoms with Crippen LogP contribution in [-0.4, -0.2) is 16.1 Å². The van der Waals surface area contributed by atoms with E-state index >= 15 is 0 Å². The lowest BCUT2D eigenvalue weighted by atomic mass is 10.0. The Morgan fingerprint density at radius 1 is 1.26 bits per heavy atom. The summed E-state index contributed by atoms with van der Waals surface area (Å²) in [6.45, 7) is 2.38. The predicted octanol–water partition coefficient (Wildman–Crippen LogP) is 1.26. The Balaban J connectivity index is 1.79. The standard InChI is InChI=1S/C14H17N3O2/c1-10-4-2-3-5-11(10)6-7-13(18)15-9-12-8-14(19)17-16-12/h2-5,8H,6-7,9H2,1H3,(H,15,18)(H2,16,17,19). The monoisotopic (exact) mass is 259 g/mol. The second-order valence-corrected chi connectivity index (χ2v) is 4.49. The Morgan fingerprint density at radius 3 is 2.74 bits per heavy atom. The number of hydrogen-bond acceptors (Lipinski definition) is 2. The molecule has 0 saturated heterocycles. The van der Waals surface area contributed by atoms with Gasteiger partial charge in [-0.25, -0.2) is 0 Å². The van der Waals surface area contributed by atoms with Crippen LogP contribution >= 0.6 is 0 Å². The summed E-state index contributed by atoms with van der Waals surface area (Å²) in [5.41, 5.74) is 2.87. The minimum atomic E-state index is -0.191. The molecular formula is C14H17N3O2. The van der Waals surface area contributed by atoms with E-state index in [1.54, 1.807) is 0 Å². The van der Waals surface area contributed by atoms with Crippen molar-refractivity contribution in [1.29, 1.82) is 0 Å². The molecule has 0 saturated carbocycles. The van der Waals surface area contributed by atoms with E-state index in [1.165, 1.54) is 17.2 Å². The average Bonchev–Trinajstić information content (AvgIpc) is 2.81. The quantitative estimate of drug-likeness (QED) is 0.756. The molecule has 0 aliphatic carbocycles. The number of aromatic nitrogens is 2. The lowest BCUT2D eigenvalue weighted by Gasteiger charge is -2.06. The molecule has 0 fully saturated rings. The van der Waals surface area contributed by atoms with E-state index in [-0.39, 0.29) is 11.5 Å². The summed E-state index contributed by atoms with van der Waals surface area (Å²) in [5.74, 6) is -0.0229. The van der Waals surface area contributed by atoms with Gasteiger partial charge in [-0.2, -0.15) is 0 Å². The molecule has 0 aliphatic heterocycles. The second-order valence-electron chi connectivity index (χ2n) is 4.49. The summed E-state index contributed by atoms with van der Waals surface area (Å²) in [7, 11) is 0. The van der Waals surface area contributed by atoms with Gasteiger partial charge in [0.25, 0.3) is 5.56 Å². The molecule has 0 spiro atoms. The maximum absolute atomic E-state index is 11.7. The molecule has 5 heteroatoms. The third-order valence-corrected chi connectivity index (χ3v) is 3.01. The van der Waals surface area contributed by atoms with Crippen LogP contribution in [0.25, 0.3) is 0 Å². The van der Waals surface area contributed by atoms with E-state index in [1.807, 2.05) is 31.2 Å². The van der Waals surface area contributed by atoms with Crippen molar-refractivity contribution < 1.29 is 4.79 Å². The van der Waals surface area contributed by atoms with Crippen LogP contribution in [0, 0.1) is 6.92 Å². The van der Waals surface area contributed by atoms with Gasteiger partial charge in [0, 0.05) is 12.5 Å². The first-order chi connectivity index (χ1) is 9.15. The number of amides is 1. The number of aryl methyl sites for hydroxylation is 2. The van der Waals surface area contributed by atoms with Crippen LogP contribution in [0.15, 0.2) is 35.1 Å². The first-order valence-electron chi connectivity index (χ1n) is 6.23. The van der Waals surface area contributed by atoms with Crippen molar-refractivity contribution in [2.24, 2.45) is 0 Å². The second kappa shape index (κ2) is 6.04. The molecule has 3 N–H and O–H groups in total. The highest BCUT2D eigenvalue weighted by Gasteiger charge is 2.04. The zero-order valence-electron chi connectivity index (χ0n) is 10.8. The number of nitrogens with one attached hydrogen (secondary N) is 3. The van der Waals surface area contributed by atoms with Crippen LogP contribution in [0.5, 0.6) is 0 Å². The third-order valence-electron chi connectivity index (χ3n) is 3.01. The zero-order valence-corrected chi connectivity index (χ0v) is 10.8. The summed E-state index contributed by atoms with van der Waals surface area (Å²) < 4.78 is 0. The molecule has 19 heavy (non-hydrogen) atoms. The van der Waals surface area contributed by atoms with Gasteiger partial charge in [0.2, 0.25) is 5.91 Å². The maximum Gasteiger partial charge on any atom is 0.264 e. The Bertz CT molecular complexity index is 613. The molecule has 1 aromatic carbocycles. The number of carbonyl (C=O) groups is 1. The van der Waals surface area contributed by atoms with E-state index in [0.29, 0.717) is 18.7 Å². The van der Waals surface area contributed by atoms with Gasteiger partial charge in [0.05, 0.1) is 12.2 Å². The first kappa shape index (κ1) is 13.1. The van der Waals surface area contributed by atoms with Crippen LogP contribution < -0.4 is 10.9 Å². The largest absolute Gasteiger partial charge is 0.350 e. The maximum atomic E-state index is 11.7. The van der Waals surface area contributed by atoms with Gasteiger partial charge < -0.3 is 10.4 Å². The summed E-state index contributed by atoms with van der Waals surface area (Å²) in [6, 6.07) is 9.47. The molecule has 1 aromatic heterocycles. The van der Waals surface area contributed by atoms with Gasteiger partial charge in [-0.05, 0) is 24.5 Å². The topological polar surface area (TPSA) is 77.8 Å².